The Balaban J connectivity index is 1.34. The molecule has 42 heavy (non-hydrogen) atoms. The maximum atomic E-state index is 13.8. The van der Waals surface area contributed by atoms with Gasteiger partial charge in [0.25, 0.3) is 11.5 Å². The number of hydrazone groups is 1. The van der Waals surface area contributed by atoms with Crippen LogP contribution in [0.5, 0.6) is 0 Å². The summed E-state index contributed by atoms with van der Waals surface area (Å²) in [5, 5.41) is 17.9. The Morgan fingerprint density at radius 3 is 2.19 bits per heavy atom. The Labute approximate surface area is 245 Å². The topological polar surface area (TPSA) is 104 Å². The Kier molecular flexibility index (Phi) is 6.45. The lowest BCUT2D eigenvalue weighted by Crippen LogP contribution is -2.28. The van der Waals surface area contributed by atoms with Crippen LogP contribution >= 0.6 is 11.8 Å². The lowest BCUT2D eigenvalue weighted by atomic mass is 9.88. The molecule has 4 aromatic carbocycles. The van der Waals surface area contributed by atoms with Crippen molar-refractivity contribution in [2.45, 2.75) is 6.04 Å². The van der Waals surface area contributed by atoms with Gasteiger partial charge in [-0.15, -0.1) is 0 Å². The van der Waals surface area contributed by atoms with E-state index >= 15 is 0 Å². The first-order valence-electron chi connectivity index (χ1n) is 13.4. The van der Waals surface area contributed by atoms with Crippen LogP contribution in [0.3, 0.4) is 0 Å². The molecule has 0 saturated carbocycles. The predicted molar refractivity (Wildman–Crippen MR) is 164 cm³/mol. The molecule has 7 rings (SSSR count). The summed E-state index contributed by atoms with van der Waals surface area (Å²) in [4.78, 5) is 34.8. The van der Waals surface area contributed by atoms with E-state index in [9.17, 15) is 14.9 Å². The maximum absolute atomic E-state index is 13.8. The molecular formula is C33H22N6O2S. The van der Waals surface area contributed by atoms with Crippen LogP contribution in [-0.4, -0.2) is 37.1 Å². The Bertz CT molecular complexity index is 2000. The molecule has 5 aromatic rings. The van der Waals surface area contributed by atoms with Gasteiger partial charge in [0.15, 0.2) is 5.17 Å². The van der Waals surface area contributed by atoms with E-state index in [1.165, 1.54) is 11.8 Å². The van der Waals surface area contributed by atoms with Crippen molar-refractivity contribution in [2.75, 3.05) is 5.75 Å². The van der Waals surface area contributed by atoms with Crippen LogP contribution in [0.15, 0.2) is 124 Å². The fourth-order valence-electron chi connectivity index (χ4n) is 5.40. The standard InChI is InChI=1S/C33H22N6O2S/c34-19-26-29(37-39(33-36-28(40)20-42-33)30(26)22-9-3-1-4-10-22)21-15-17-24(18-16-21)38-31(23-11-5-2-6-12-23)35-27-14-8-7-13-25(27)32(38)41/h1-18,26,30H,20H2. The lowest BCUT2D eigenvalue weighted by molar-refractivity contribution is -0.115. The molecule has 3 heterocycles. The molecule has 1 aromatic heterocycles. The van der Waals surface area contributed by atoms with E-state index in [4.69, 9.17) is 10.1 Å². The zero-order chi connectivity index (χ0) is 28.6. The van der Waals surface area contributed by atoms with Gasteiger partial charge >= 0.3 is 0 Å². The first-order chi connectivity index (χ1) is 20.6. The van der Waals surface area contributed by atoms with Crippen molar-refractivity contribution in [2.24, 2.45) is 16.0 Å². The van der Waals surface area contributed by atoms with E-state index in [1.807, 2.05) is 103 Å². The Morgan fingerprint density at radius 2 is 1.50 bits per heavy atom. The summed E-state index contributed by atoms with van der Waals surface area (Å²) in [6.45, 7) is 0. The molecule has 0 spiro atoms. The van der Waals surface area contributed by atoms with E-state index in [-0.39, 0.29) is 17.2 Å². The quantitative estimate of drug-likeness (QED) is 0.281. The third-order valence-corrected chi connectivity index (χ3v) is 8.27. The molecule has 9 heteroatoms. The molecule has 0 bridgehead atoms. The number of carbonyl (C=O) groups excluding carboxylic acids is 1. The monoisotopic (exact) mass is 566 g/mol. The number of hydrogen-bond acceptors (Lipinski definition) is 7. The minimum Gasteiger partial charge on any atom is -0.272 e. The van der Waals surface area contributed by atoms with E-state index in [0.29, 0.717) is 33.3 Å². The number of nitrogens with zero attached hydrogens (tertiary/aromatic N) is 6. The lowest BCUT2D eigenvalue weighted by Gasteiger charge is -2.24. The Hall–Kier alpha value is -5.33. The van der Waals surface area contributed by atoms with Gasteiger partial charge in [-0.2, -0.15) is 15.4 Å². The molecule has 0 N–H and O–H groups in total. The van der Waals surface area contributed by atoms with Gasteiger partial charge in [0.05, 0.1) is 34.1 Å². The number of aromatic nitrogens is 2. The molecule has 0 saturated heterocycles. The van der Waals surface area contributed by atoms with Crippen molar-refractivity contribution in [3.8, 4) is 23.1 Å². The average Bonchev–Trinajstić information content (AvgIpc) is 3.65. The third-order valence-electron chi connectivity index (χ3n) is 7.34. The minimum atomic E-state index is -0.609. The van der Waals surface area contributed by atoms with Crippen molar-refractivity contribution in [1.29, 1.82) is 5.26 Å². The van der Waals surface area contributed by atoms with Crippen LogP contribution < -0.4 is 5.56 Å². The average molecular weight is 567 g/mol. The summed E-state index contributed by atoms with van der Waals surface area (Å²) in [5.41, 5.74) is 4.15. The molecule has 2 aliphatic rings. The highest BCUT2D eigenvalue weighted by Crippen LogP contribution is 2.40. The highest BCUT2D eigenvalue weighted by molar-refractivity contribution is 8.14. The second-order valence-corrected chi connectivity index (χ2v) is 10.8. The van der Waals surface area contributed by atoms with Crippen molar-refractivity contribution >= 4 is 39.5 Å². The molecule has 1 amide bonds. The predicted octanol–water partition coefficient (Wildman–Crippen LogP) is 5.58. The molecule has 0 aliphatic carbocycles. The number of amides is 1. The number of fused-ring (bicyclic) bond motifs is 1. The zero-order valence-electron chi connectivity index (χ0n) is 22.2. The van der Waals surface area contributed by atoms with Crippen LogP contribution in [0.1, 0.15) is 17.2 Å². The van der Waals surface area contributed by atoms with E-state index in [2.05, 4.69) is 11.1 Å². The SMILES string of the molecule is N#CC1C(c2ccc(-n3c(-c4ccccc4)nc4ccccc4c3=O)cc2)=NN(C2=NC(=O)CS2)C1c1ccccc1. The maximum Gasteiger partial charge on any atom is 0.266 e. The van der Waals surface area contributed by atoms with Crippen LogP contribution in [0.4, 0.5) is 0 Å². The molecule has 0 radical (unpaired) electrons. The molecular weight excluding hydrogens is 544 g/mol. The summed E-state index contributed by atoms with van der Waals surface area (Å²) < 4.78 is 1.62. The molecule has 2 aliphatic heterocycles. The summed E-state index contributed by atoms with van der Waals surface area (Å²) in [5.74, 6) is -0.0341. The van der Waals surface area contributed by atoms with Crippen molar-refractivity contribution in [3.63, 3.8) is 0 Å². The van der Waals surface area contributed by atoms with Gasteiger partial charge in [-0.05, 0) is 35.4 Å². The number of para-hydroxylation sites is 1. The molecule has 2 atom stereocenters. The molecule has 202 valence electrons. The first-order valence-corrected chi connectivity index (χ1v) is 14.4. The number of benzene rings is 4. The first kappa shape index (κ1) is 25.6. The highest BCUT2D eigenvalue weighted by atomic mass is 32.2. The van der Waals surface area contributed by atoms with Crippen LogP contribution in [0.2, 0.25) is 0 Å². The number of aliphatic imine (C=N–C) groups is 1. The second kappa shape index (κ2) is 10.6. The fraction of sp³-hybridized carbons (Fsp3) is 0.0909. The zero-order valence-corrected chi connectivity index (χ0v) is 23.0. The summed E-state index contributed by atoms with van der Waals surface area (Å²) >= 11 is 1.32. The smallest absolute Gasteiger partial charge is 0.266 e. The molecule has 2 unspecified atom stereocenters. The van der Waals surface area contributed by atoms with Gasteiger partial charge in [-0.1, -0.05) is 96.7 Å². The van der Waals surface area contributed by atoms with Crippen LogP contribution in [0, 0.1) is 17.2 Å². The van der Waals surface area contributed by atoms with Gasteiger partial charge in [0.2, 0.25) is 0 Å². The van der Waals surface area contributed by atoms with Crippen molar-refractivity contribution in [1.82, 2.24) is 14.6 Å². The van der Waals surface area contributed by atoms with Crippen molar-refractivity contribution < 1.29 is 4.79 Å². The second-order valence-electron chi connectivity index (χ2n) is 9.87. The summed E-state index contributed by atoms with van der Waals surface area (Å²) in [7, 11) is 0. The molecule has 0 fully saturated rings. The summed E-state index contributed by atoms with van der Waals surface area (Å²) in [6, 6.07) is 36.1. The number of amidine groups is 1. The van der Waals surface area contributed by atoms with Gasteiger partial charge in [0.1, 0.15) is 17.8 Å². The van der Waals surface area contributed by atoms with Crippen molar-refractivity contribution in [3.05, 3.63) is 131 Å². The fourth-order valence-corrected chi connectivity index (χ4v) is 6.17. The van der Waals surface area contributed by atoms with E-state index < -0.39 is 12.0 Å². The normalized spacial score (nSPS) is 18.2. The largest absolute Gasteiger partial charge is 0.272 e. The number of carbonyl (C=O) groups is 1. The number of rotatable bonds is 4. The van der Waals surface area contributed by atoms with E-state index in [1.54, 1.807) is 15.6 Å². The number of nitriles is 1. The summed E-state index contributed by atoms with van der Waals surface area (Å²) in [6.07, 6.45) is 0. The molecule has 8 nitrogen and oxygen atoms in total. The Morgan fingerprint density at radius 1 is 0.810 bits per heavy atom. The highest BCUT2D eigenvalue weighted by Gasteiger charge is 2.42. The van der Waals surface area contributed by atoms with Gasteiger partial charge in [0, 0.05) is 5.56 Å². The van der Waals surface area contributed by atoms with Crippen LogP contribution in [0.25, 0.3) is 28.0 Å². The van der Waals surface area contributed by atoms with Gasteiger partial charge < -0.3 is 0 Å². The van der Waals surface area contributed by atoms with E-state index in [0.717, 1.165) is 16.7 Å². The minimum absolute atomic E-state index is 0.170. The third kappa shape index (κ3) is 4.39. The van der Waals surface area contributed by atoms with Gasteiger partial charge in [-0.3, -0.25) is 14.2 Å². The van der Waals surface area contributed by atoms with Gasteiger partial charge in [-0.25, -0.2) is 9.99 Å². The number of hydrogen-bond donors (Lipinski definition) is 0. The number of thioether (sulfide) groups is 1. The van der Waals surface area contributed by atoms with Crippen LogP contribution in [-0.2, 0) is 4.79 Å².